The van der Waals surface area contributed by atoms with Crippen molar-refractivity contribution in [3.05, 3.63) is 200 Å². The molecular formula is C50H33NS. The predicted molar refractivity (Wildman–Crippen MR) is 225 cm³/mol. The van der Waals surface area contributed by atoms with Crippen molar-refractivity contribution in [3.8, 4) is 33.4 Å². The van der Waals surface area contributed by atoms with Gasteiger partial charge in [0.05, 0.1) is 5.69 Å². The topological polar surface area (TPSA) is 3.24 Å². The molecule has 0 saturated heterocycles. The fourth-order valence-electron chi connectivity index (χ4n) is 7.67. The molecule has 0 spiro atoms. The van der Waals surface area contributed by atoms with E-state index in [0.29, 0.717) is 0 Å². The van der Waals surface area contributed by atoms with Gasteiger partial charge in [-0.25, -0.2) is 0 Å². The van der Waals surface area contributed by atoms with E-state index in [0.717, 1.165) is 17.1 Å². The summed E-state index contributed by atoms with van der Waals surface area (Å²) in [4.78, 5) is 2.40. The number of anilines is 3. The van der Waals surface area contributed by atoms with E-state index in [1.807, 2.05) is 11.3 Å². The zero-order chi connectivity index (χ0) is 34.4. The van der Waals surface area contributed by atoms with Crippen molar-refractivity contribution in [2.24, 2.45) is 0 Å². The smallest absolute Gasteiger partial charge is 0.0540 e. The van der Waals surface area contributed by atoms with Gasteiger partial charge in [0.2, 0.25) is 0 Å². The Hall–Kier alpha value is -6.48. The van der Waals surface area contributed by atoms with Crippen molar-refractivity contribution < 1.29 is 0 Å². The minimum Gasteiger partial charge on any atom is -0.310 e. The van der Waals surface area contributed by atoms with Crippen LogP contribution in [0.15, 0.2) is 200 Å². The molecule has 0 aliphatic rings. The van der Waals surface area contributed by atoms with E-state index in [9.17, 15) is 0 Å². The Labute approximate surface area is 307 Å². The Morgan fingerprint density at radius 2 is 0.942 bits per heavy atom. The second-order valence-electron chi connectivity index (χ2n) is 13.4. The Morgan fingerprint density at radius 1 is 0.327 bits per heavy atom. The summed E-state index contributed by atoms with van der Waals surface area (Å²) in [6, 6.07) is 72.9. The maximum Gasteiger partial charge on any atom is 0.0540 e. The van der Waals surface area contributed by atoms with E-state index in [-0.39, 0.29) is 0 Å². The summed E-state index contributed by atoms with van der Waals surface area (Å²) in [6.45, 7) is 0. The number of hydrogen-bond donors (Lipinski definition) is 0. The largest absolute Gasteiger partial charge is 0.310 e. The normalized spacial score (nSPS) is 11.5. The van der Waals surface area contributed by atoms with Crippen molar-refractivity contribution in [2.45, 2.75) is 0 Å². The summed E-state index contributed by atoms with van der Waals surface area (Å²) >= 11 is 1.88. The molecule has 0 aliphatic carbocycles. The van der Waals surface area contributed by atoms with Crippen LogP contribution in [-0.4, -0.2) is 0 Å². The number of thiophene rings is 1. The van der Waals surface area contributed by atoms with E-state index < -0.39 is 0 Å². The van der Waals surface area contributed by atoms with Gasteiger partial charge in [-0.15, -0.1) is 11.3 Å². The first kappa shape index (κ1) is 30.4. The van der Waals surface area contributed by atoms with Crippen LogP contribution in [0.4, 0.5) is 17.1 Å². The first-order chi connectivity index (χ1) is 25.8. The fraction of sp³-hybridized carbons (Fsp3) is 0. The number of hydrogen-bond acceptors (Lipinski definition) is 2. The molecule has 1 aromatic heterocycles. The summed E-state index contributed by atoms with van der Waals surface area (Å²) in [5.41, 5.74) is 10.7. The Morgan fingerprint density at radius 3 is 1.83 bits per heavy atom. The molecule has 244 valence electrons. The molecule has 0 radical (unpaired) electrons. The predicted octanol–water partition coefficient (Wildman–Crippen LogP) is 14.8. The van der Waals surface area contributed by atoms with Gasteiger partial charge in [0.25, 0.3) is 0 Å². The van der Waals surface area contributed by atoms with Crippen LogP contribution in [0, 0.1) is 0 Å². The van der Waals surface area contributed by atoms with Crippen molar-refractivity contribution >= 4 is 70.1 Å². The van der Waals surface area contributed by atoms with Gasteiger partial charge in [-0.05, 0) is 98.1 Å². The number of rotatable bonds is 6. The maximum absolute atomic E-state index is 2.40. The zero-order valence-corrected chi connectivity index (χ0v) is 29.2. The van der Waals surface area contributed by atoms with Crippen molar-refractivity contribution in [1.29, 1.82) is 0 Å². The van der Waals surface area contributed by atoms with Crippen LogP contribution in [0.5, 0.6) is 0 Å². The molecule has 10 rings (SSSR count). The van der Waals surface area contributed by atoms with E-state index in [4.69, 9.17) is 0 Å². The first-order valence-electron chi connectivity index (χ1n) is 17.8. The summed E-state index contributed by atoms with van der Waals surface area (Å²) in [5.74, 6) is 0. The lowest BCUT2D eigenvalue weighted by Gasteiger charge is -2.27. The van der Waals surface area contributed by atoms with Gasteiger partial charge in [0, 0.05) is 36.9 Å². The quantitative estimate of drug-likeness (QED) is 0.169. The van der Waals surface area contributed by atoms with Gasteiger partial charge >= 0.3 is 0 Å². The Balaban J connectivity index is 1.08. The molecule has 1 heterocycles. The van der Waals surface area contributed by atoms with Crippen molar-refractivity contribution in [1.82, 2.24) is 0 Å². The molecule has 52 heavy (non-hydrogen) atoms. The summed E-state index contributed by atoms with van der Waals surface area (Å²) in [5, 5.41) is 7.59. The van der Waals surface area contributed by atoms with Gasteiger partial charge in [-0.3, -0.25) is 0 Å². The molecule has 0 N–H and O–H groups in total. The van der Waals surface area contributed by atoms with Crippen LogP contribution in [0.3, 0.4) is 0 Å². The molecule has 0 aliphatic heterocycles. The number of fused-ring (bicyclic) bond motifs is 5. The lowest BCUT2D eigenvalue weighted by molar-refractivity contribution is 1.30. The maximum atomic E-state index is 2.40. The minimum atomic E-state index is 1.11. The third-order valence-electron chi connectivity index (χ3n) is 10.2. The molecule has 0 amide bonds. The van der Waals surface area contributed by atoms with E-state index in [1.54, 1.807) is 0 Å². The Kier molecular flexibility index (Phi) is 7.41. The standard InChI is InChI=1S/C50H33NS/c1-2-13-37-31-40(26-25-34(37)11-1)35-27-29-42(30-28-35)51(48-23-9-14-36-12-3-4-19-44(36)48)43-18-8-16-39(33-43)38-15-7-17-41(32-38)45-21-10-22-47-46-20-5-6-24-49(46)52-50(45)47/h1-33H. The number of nitrogens with zero attached hydrogens (tertiary/aromatic N) is 1. The van der Waals surface area contributed by atoms with Gasteiger partial charge in [-0.2, -0.15) is 0 Å². The lowest BCUT2D eigenvalue weighted by Crippen LogP contribution is -2.10. The molecular weight excluding hydrogens is 647 g/mol. The molecule has 0 atom stereocenters. The van der Waals surface area contributed by atoms with Crippen LogP contribution in [0.1, 0.15) is 0 Å². The highest BCUT2D eigenvalue weighted by Gasteiger charge is 2.17. The number of benzene rings is 9. The van der Waals surface area contributed by atoms with Crippen LogP contribution in [0.2, 0.25) is 0 Å². The highest BCUT2D eigenvalue weighted by Crippen LogP contribution is 2.43. The molecule has 10 aromatic rings. The molecule has 0 bridgehead atoms. The van der Waals surface area contributed by atoms with Crippen molar-refractivity contribution in [2.75, 3.05) is 4.90 Å². The molecule has 1 nitrogen and oxygen atoms in total. The second kappa shape index (κ2) is 12.7. The van der Waals surface area contributed by atoms with Crippen LogP contribution < -0.4 is 4.90 Å². The van der Waals surface area contributed by atoms with Crippen LogP contribution >= 0.6 is 11.3 Å². The van der Waals surface area contributed by atoms with E-state index >= 15 is 0 Å². The summed E-state index contributed by atoms with van der Waals surface area (Å²) in [7, 11) is 0. The first-order valence-corrected chi connectivity index (χ1v) is 18.6. The molecule has 0 saturated carbocycles. The molecule has 0 unspecified atom stereocenters. The van der Waals surface area contributed by atoms with Gasteiger partial charge < -0.3 is 4.90 Å². The van der Waals surface area contributed by atoms with E-state index in [2.05, 4.69) is 205 Å². The second-order valence-corrected chi connectivity index (χ2v) is 14.4. The fourth-order valence-corrected chi connectivity index (χ4v) is 8.91. The SMILES string of the molecule is c1cc(-c2cccc(N(c3ccc(-c4ccc5ccccc5c4)cc3)c3cccc4ccccc34)c2)cc(-c2cccc3c2sc2ccccc23)c1. The summed E-state index contributed by atoms with van der Waals surface area (Å²) < 4.78 is 2.66. The average Bonchev–Trinajstić information content (AvgIpc) is 3.60. The third kappa shape index (κ3) is 5.33. The highest BCUT2D eigenvalue weighted by molar-refractivity contribution is 7.26. The third-order valence-corrected chi connectivity index (χ3v) is 11.5. The molecule has 0 fully saturated rings. The molecule has 2 heteroatoms. The van der Waals surface area contributed by atoms with Crippen LogP contribution in [0.25, 0.3) is 75.1 Å². The Bertz CT molecular complexity index is 2910. The monoisotopic (exact) mass is 679 g/mol. The summed E-state index contributed by atoms with van der Waals surface area (Å²) in [6.07, 6.45) is 0. The average molecular weight is 680 g/mol. The van der Waals surface area contributed by atoms with E-state index in [1.165, 1.54) is 75.1 Å². The lowest BCUT2D eigenvalue weighted by atomic mass is 9.97. The van der Waals surface area contributed by atoms with Gasteiger partial charge in [0.1, 0.15) is 0 Å². The van der Waals surface area contributed by atoms with Crippen molar-refractivity contribution in [3.63, 3.8) is 0 Å². The zero-order valence-electron chi connectivity index (χ0n) is 28.4. The molecule has 9 aromatic carbocycles. The van der Waals surface area contributed by atoms with Gasteiger partial charge in [-0.1, -0.05) is 152 Å². The highest BCUT2D eigenvalue weighted by atomic mass is 32.1. The minimum absolute atomic E-state index is 1.11. The van der Waals surface area contributed by atoms with Crippen LogP contribution in [-0.2, 0) is 0 Å². The van der Waals surface area contributed by atoms with Gasteiger partial charge in [0.15, 0.2) is 0 Å².